The number of hydrazine groups is 1. The van der Waals surface area contributed by atoms with E-state index in [1.165, 1.54) is 0 Å². The molecule has 6 nitrogen and oxygen atoms in total. The molecule has 114 valence electrons. The Morgan fingerprint density at radius 2 is 0.955 bits per heavy atom. The molecule has 0 aliphatic rings. The van der Waals surface area contributed by atoms with Crippen molar-refractivity contribution in [3.05, 3.63) is 58.6 Å². The molecule has 0 aromatic heterocycles. The first-order valence-corrected chi connectivity index (χ1v) is 6.93. The normalized spacial score (nSPS) is 9.73. The minimum absolute atomic E-state index is 0.543. The van der Waals surface area contributed by atoms with Crippen LogP contribution in [-0.2, 0) is 0 Å². The van der Waals surface area contributed by atoms with Gasteiger partial charge in [0, 0.05) is 21.4 Å². The van der Waals surface area contributed by atoms with Crippen molar-refractivity contribution in [3.63, 3.8) is 0 Å². The maximum atomic E-state index is 11.6. The highest BCUT2D eigenvalue weighted by Gasteiger charge is 2.05. The van der Waals surface area contributed by atoms with Gasteiger partial charge in [-0.15, -0.1) is 0 Å². The molecule has 2 aromatic carbocycles. The third-order valence-corrected chi connectivity index (χ3v) is 3.00. The molecule has 0 saturated heterocycles. The van der Waals surface area contributed by atoms with Gasteiger partial charge in [0.15, 0.2) is 0 Å². The topological polar surface area (TPSA) is 82.3 Å². The van der Waals surface area contributed by atoms with Crippen LogP contribution in [0.1, 0.15) is 0 Å². The van der Waals surface area contributed by atoms with Crippen LogP contribution in [0.4, 0.5) is 21.0 Å². The number of carbonyl (C=O) groups excluding carboxylic acids is 2. The second-order valence-electron chi connectivity index (χ2n) is 4.17. The van der Waals surface area contributed by atoms with Gasteiger partial charge < -0.3 is 10.6 Å². The van der Waals surface area contributed by atoms with Crippen LogP contribution < -0.4 is 21.5 Å². The van der Waals surface area contributed by atoms with E-state index in [0.29, 0.717) is 21.4 Å². The summed E-state index contributed by atoms with van der Waals surface area (Å²) in [5.41, 5.74) is 5.50. The van der Waals surface area contributed by atoms with E-state index in [-0.39, 0.29) is 0 Å². The summed E-state index contributed by atoms with van der Waals surface area (Å²) in [5, 5.41) is 6.18. The summed E-state index contributed by atoms with van der Waals surface area (Å²) in [6, 6.07) is 11.9. The lowest BCUT2D eigenvalue weighted by Gasteiger charge is -2.10. The van der Waals surface area contributed by atoms with Gasteiger partial charge in [0.2, 0.25) is 0 Å². The van der Waals surface area contributed by atoms with Gasteiger partial charge in [-0.2, -0.15) is 0 Å². The van der Waals surface area contributed by atoms with E-state index in [1.54, 1.807) is 48.5 Å². The predicted octanol–water partition coefficient (Wildman–Crippen LogP) is 3.85. The number of rotatable bonds is 2. The van der Waals surface area contributed by atoms with Crippen molar-refractivity contribution >= 4 is 46.6 Å². The average Bonchev–Trinajstić information content (AvgIpc) is 2.50. The van der Waals surface area contributed by atoms with Crippen molar-refractivity contribution in [2.75, 3.05) is 10.6 Å². The summed E-state index contributed by atoms with van der Waals surface area (Å²) in [6.45, 7) is 0. The van der Waals surface area contributed by atoms with E-state index in [4.69, 9.17) is 23.2 Å². The van der Waals surface area contributed by atoms with E-state index in [1.807, 2.05) is 0 Å². The van der Waals surface area contributed by atoms with Crippen LogP contribution in [-0.4, -0.2) is 12.1 Å². The summed E-state index contributed by atoms with van der Waals surface area (Å²) >= 11 is 11.5. The van der Waals surface area contributed by atoms with Gasteiger partial charge in [-0.1, -0.05) is 23.2 Å². The second-order valence-corrected chi connectivity index (χ2v) is 5.04. The number of hydrogen-bond donors (Lipinski definition) is 4. The van der Waals surface area contributed by atoms with E-state index in [2.05, 4.69) is 21.5 Å². The standard InChI is InChI=1S/C14H12Cl2N4O2/c15-9-1-5-11(6-2-9)17-13(21)19-20-14(22)18-12-7-3-10(16)4-8-12/h1-8H,(H2,17,19,21)(H2,18,20,22). The van der Waals surface area contributed by atoms with Crippen molar-refractivity contribution in [2.24, 2.45) is 0 Å². The first kappa shape index (κ1) is 15.9. The first-order chi connectivity index (χ1) is 10.5. The third kappa shape index (κ3) is 5.16. The first-order valence-electron chi connectivity index (χ1n) is 6.18. The molecule has 0 bridgehead atoms. The summed E-state index contributed by atoms with van der Waals surface area (Å²) < 4.78 is 0. The molecule has 0 saturated carbocycles. The zero-order valence-electron chi connectivity index (χ0n) is 11.2. The molecule has 0 fully saturated rings. The zero-order chi connectivity index (χ0) is 15.9. The van der Waals surface area contributed by atoms with Crippen molar-refractivity contribution < 1.29 is 9.59 Å². The Kier molecular flexibility index (Phi) is 5.46. The molecule has 0 heterocycles. The van der Waals surface area contributed by atoms with Gasteiger partial charge in [-0.3, -0.25) is 0 Å². The zero-order valence-corrected chi connectivity index (χ0v) is 12.7. The lowest BCUT2D eigenvalue weighted by Crippen LogP contribution is -2.45. The van der Waals surface area contributed by atoms with Crippen LogP contribution in [0.15, 0.2) is 48.5 Å². The molecular formula is C14H12Cl2N4O2. The number of benzene rings is 2. The highest BCUT2D eigenvalue weighted by Crippen LogP contribution is 2.13. The smallest absolute Gasteiger partial charge is 0.307 e. The monoisotopic (exact) mass is 338 g/mol. The van der Waals surface area contributed by atoms with E-state index in [9.17, 15) is 9.59 Å². The summed E-state index contributed by atoms with van der Waals surface area (Å²) in [7, 11) is 0. The fourth-order valence-corrected chi connectivity index (χ4v) is 1.76. The molecule has 0 unspecified atom stereocenters. The van der Waals surface area contributed by atoms with Crippen LogP contribution in [0.25, 0.3) is 0 Å². The number of nitrogens with one attached hydrogen (secondary N) is 4. The largest absolute Gasteiger partial charge is 0.337 e. The minimum Gasteiger partial charge on any atom is -0.307 e. The Balaban J connectivity index is 1.76. The van der Waals surface area contributed by atoms with Crippen molar-refractivity contribution in [3.8, 4) is 0 Å². The van der Waals surface area contributed by atoms with Crippen molar-refractivity contribution in [2.45, 2.75) is 0 Å². The van der Waals surface area contributed by atoms with Crippen LogP contribution >= 0.6 is 23.2 Å². The highest BCUT2D eigenvalue weighted by atomic mass is 35.5. The average molecular weight is 339 g/mol. The molecule has 22 heavy (non-hydrogen) atoms. The molecule has 2 aromatic rings. The Bertz CT molecular complexity index is 600. The molecule has 2 rings (SSSR count). The quantitative estimate of drug-likeness (QED) is 0.627. The van der Waals surface area contributed by atoms with Crippen molar-refractivity contribution in [1.29, 1.82) is 0 Å². The van der Waals surface area contributed by atoms with Gasteiger partial charge >= 0.3 is 12.1 Å². The summed E-state index contributed by atoms with van der Waals surface area (Å²) in [6.07, 6.45) is 0. The number of amides is 4. The lowest BCUT2D eigenvalue weighted by molar-refractivity contribution is 0.237. The van der Waals surface area contributed by atoms with E-state index in [0.717, 1.165) is 0 Å². The van der Waals surface area contributed by atoms with E-state index < -0.39 is 12.1 Å². The van der Waals surface area contributed by atoms with Gasteiger partial charge in [0.1, 0.15) is 0 Å². The van der Waals surface area contributed by atoms with Crippen LogP contribution in [0.3, 0.4) is 0 Å². The lowest BCUT2D eigenvalue weighted by atomic mass is 10.3. The molecule has 8 heteroatoms. The highest BCUT2D eigenvalue weighted by molar-refractivity contribution is 6.30. The molecule has 0 radical (unpaired) electrons. The van der Waals surface area contributed by atoms with Crippen LogP contribution in [0.2, 0.25) is 10.0 Å². The molecule has 0 spiro atoms. The minimum atomic E-state index is -0.589. The number of halogens is 2. The predicted molar refractivity (Wildman–Crippen MR) is 87.2 cm³/mol. The SMILES string of the molecule is O=C(NNC(=O)Nc1ccc(Cl)cc1)Nc1ccc(Cl)cc1. The molecule has 0 aliphatic carbocycles. The summed E-state index contributed by atoms with van der Waals surface area (Å²) in [5.74, 6) is 0. The van der Waals surface area contributed by atoms with Gasteiger partial charge in [-0.25, -0.2) is 20.4 Å². The number of anilines is 2. The maximum Gasteiger partial charge on any atom is 0.337 e. The number of urea groups is 2. The van der Waals surface area contributed by atoms with E-state index >= 15 is 0 Å². The fourth-order valence-electron chi connectivity index (χ4n) is 1.50. The maximum absolute atomic E-state index is 11.6. The van der Waals surface area contributed by atoms with Crippen molar-refractivity contribution in [1.82, 2.24) is 10.9 Å². The Hall–Kier alpha value is -2.44. The van der Waals surface area contributed by atoms with Crippen LogP contribution in [0.5, 0.6) is 0 Å². The summed E-state index contributed by atoms with van der Waals surface area (Å²) in [4.78, 5) is 23.2. The molecule has 4 N–H and O–H groups in total. The third-order valence-electron chi connectivity index (χ3n) is 2.49. The van der Waals surface area contributed by atoms with Gasteiger partial charge in [0.25, 0.3) is 0 Å². The van der Waals surface area contributed by atoms with Gasteiger partial charge in [-0.05, 0) is 48.5 Å². The Labute approximate surface area is 136 Å². The number of hydrogen-bond acceptors (Lipinski definition) is 2. The van der Waals surface area contributed by atoms with Gasteiger partial charge in [0.05, 0.1) is 0 Å². The second kappa shape index (κ2) is 7.53. The Morgan fingerprint density at radius 3 is 1.27 bits per heavy atom. The number of carbonyl (C=O) groups is 2. The molecule has 0 atom stereocenters. The Morgan fingerprint density at radius 1 is 0.636 bits per heavy atom. The van der Waals surface area contributed by atoms with Crippen LogP contribution in [0, 0.1) is 0 Å². The molecule has 4 amide bonds. The molecule has 0 aliphatic heterocycles. The fraction of sp³-hybridized carbons (Fsp3) is 0. The molecular weight excluding hydrogens is 327 g/mol.